The van der Waals surface area contributed by atoms with Crippen molar-refractivity contribution in [2.45, 2.75) is 17.1 Å². The summed E-state index contributed by atoms with van der Waals surface area (Å²) in [4.78, 5) is 17.0. The molecule has 21 heavy (non-hydrogen) atoms. The van der Waals surface area contributed by atoms with E-state index >= 15 is 0 Å². The number of rotatable bonds is 4. The van der Waals surface area contributed by atoms with Crippen LogP contribution in [0, 0.1) is 0 Å². The second kappa shape index (κ2) is 7.36. The Morgan fingerprint density at radius 3 is 2.62 bits per heavy atom. The molecule has 3 nitrogen and oxygen atoms in total. The molecule has 0 saturated carbocycles. The van der Waals surface area contributed by atoms with E-state index in [0.29, 0.717) is 15.1 Å². The van der Waals surface area contributed by atoms with Crippen LogP contribution >= 0.6 is 46.6 Å². The third-order valence-electron chi connectivity index (χ3n) is 2.56. The first-order chi connectivity index (χ1) is 9.97. The SMILES string of the molecule is CC(Sc1ccccc1Cl)C(=O)Nc1ncc(Cl)cc1Cl. The highest BCUT2D eigenvalue weighted by Crippen LogP contribution is 2.31. The van der Waals surface area contributed by atoms with Crippen molar-refractivity contribution in [2.24, 2.45) is 0 Å². The predicted octanol–water partition coefficient (Wildman–Crippen LogP) is 5.16. The molecule has 0 spiro atoms. The Hall–Kier alpha value is -0.940. The largest absolute Gasteiger partial charge is 0.308 e. The summed E-state index contributed by atoms with van der Waals surface area (Å²) in [5.41, 5.74) is 0. The molecule has 2 rings (SSSR count). The highest BCUT2D eigenvalue weighted by atomic mass is 35.5. The third-order valence-corrected chi connectivity index (χ3v) is 4.67. The van der Waals surface area contributed by atoms with Crippen LogP contribution in [0.25, 0.3) is 0 Å². The lowest BCUT2D eigenvalue weighted by Crippen LogP contribution is -2.23. The molecule has 1 aromatic carbocycles. The molecule has 1 amide bonds. The average molecular weight is 362 g/mol. The number of pyridine rings is 1. The van der Waals surface area contributed by atoms with Gasteiger partial charge in [-0.15, -0.1) is 11.8 Å². The van der Waals surface area contributed by atoms with E-state index in [0.717, 1.165) is 4.90 Å². The van der Waals surface area contributed by atoms with E-state index < -0.39 is 0 Å². The molecule has 0 fully saturated rings. The maximum atomic E-state index is 12.2. The van der Waals surface area contributed by atoms with Gasteiger partial charge in [-0.1, -0.05) is 46.9 Å². The Bertz CT molecular complexity index is 666. The van der Waals surface area contributed by atoms with Crippen molar-refractivity contribution in [3.63, 3.8) is 0 Å². The second-order valence-corrected chi connectivity index (χ2v) is 6.80. The molecular weight excluding hydrogens is 351 g/mol. The Morgan fingerprint density at radius 2 is 1.95 bits per heavy atom. The molecule has 0 saturated heterocycles. The number of nitrogens with one attached hydrogen (secondary N) is 1. The van der Waals surface area contributed by atoms with E-state index in [4.69, 9.17) is 34.8 Å². The van der Waals surface area contributed by atoms with Crippen LogP contribution in [-0.4, -0.2) is 16.1 Å². The first-order valence-electron chi connectivity index (χ1n) is 6.00. The van der Waals surface area contributed by atoms with Gasteiger partial charge in [0.15, 0.2) is 5.82 Å². The first kappa shape index (κ1) is 16.4. The number of anilines is 1. The van der Waals surface area contributed by atoms with E-state index in [1.54, 1.807) is 13.0 Å². The van der Waals surface area contributed by atoms with E-state index in [1.807, 2.05) is 18.2 Å². The number of hydrogen-bond acceptors (Lipinski definition) is 3. The fraction of sp³-hybridized carbons (Fsp3) is 0.143. The molecule has 1 atom stereocenters. The van der Waals surface area contributed by atoms with E-state index in [9.17, 15) is 4.79 Å². The van der Waals surface area contributed by atoms with Gasteiger partial charge < -0.3 is 5.32 Å². The van der Waals surface area contributed by atoms with Crippen molar-refractivity contribution in [3.05, 3.63) is 51.6 Å². The number of benzene rings is 1. The summed E-state index contributed by atoms with van der Waals surface area (Å²) in [5, 5.41) is 3.65. The summed E-state index contributed by atoms with van der Waals surface area (Å²) < 4.78 is 0. The number of amides is 1. The van der Waals surface area contributed by atoms with Gasteiger partial charge in [-0.3, -0.25) is 4.79 Å². The highest BCUT2D eigenvalue weighted by Gasteiger charge is 2.17. The molecule has 2 aromatic rings. The van der Waals surface area contributed by atoms with Crippen molar-refractivity contribution in [1.82, 2.24) is 4.98 Å². The highest BCUT2D eigenvalue weighted by molar-refractivity contribution is 8.00. The monoisotopic (exact) mass is 360 g/mol. The predicted molar refractivity (Wildman–Crippen MR) is 89.7 cm³/mol. The molecule has 7 heteroatoms. The molecular formula is C14H11Cl3N2OS. The van der Waals surface area contributed by atoms with E-state index in [-0.39, 0.29) is 17.0 Å². The molecule has 110 valence electrons. The third kappa shape index (κ3) is 4.51. The van der Waals surface area contributed by atoms with E-state index in [2.05, 4.69) is 10.3 Å². The Labute approximate surface area is 142 Å². The normalized spacial score (nSPS) is 12.0. The van der Waals surface area contributed by atoms with Gasteiger partial charge in [0.1, 0.15) is 0 Å². The summed E-state index contributed by atoms with van der Waals surface area (Å²) in [6.07, 6.45) is 1.43. The van der Waals surface area contributed by atoms with E-state index in [1.165, 1.54) is 24.0 Å². The van der Waals surface area contributed by atoms with Gasteiger partial charge in [-0.2, -0.15) is 0 Å². The Balaban J connectivity index is 2.04. The van der Waals surface area contributed by atoms with Gasteiger partial charge in [0, 0.05) is 11.1 Å². The zero-order chi connectivity index (χ0) is 15.4. The number of carbonyl (C=O) groups is 1. The number of hydrogen-bond donors (Lipinski definition) is 1. The zero-order valence-corrected chi connectivity index (χ0v) is 14.0. The van der Waals surface area contributed by atoms with Gasteiger partial charge >= 0.3 is 0 Å². The zero-order valence-electron chi connectivity index (χ0n) is 10.9. The molecule has 1 N–H and O–H groups in total. The second-order valence-electron chi connectivity index (χ2n) is 4.16. The molecule has 0 aliphatic carbocycles. The molecule has 0 aliphatic rings. The van der Waals surface area contributed by atoms with Gasteiger partial charge in [0.05, 0.1) is 20.3 Å². The lowest BCUT2D eigenvalue weighted by Gasteiger charge is -2.13. The van der Waals surface area contributed by atoms with Crippen LogP contribution in [-0.2, 0) is 4.79 Å². The first-order valence-corrected chi connectivity index (χ1v) is 8.02. The summed E-state index contributed by atoms with van der Waals surface area (Å²) in [6, 6.07) is 8.89. The molecule has 0 bridgehead atoms. The maximum absolute atomic E-state index is 12.2. The molecule has 1 aromatic heterocycles. The van der Waals surface area contributed by atoms with Crippen molar-refractivity contribution < 1.29 is 4.79 Å². The number of thioether (sulfide) groups is 1. The van der Waals surface area contributed by atoms with Gasteiger partial charge in [-0.05, 0) is 25.1 Å². The van der Waals surface area contributed by atoms with Crippen LogP contribution in [0.3, 0.4) is 0 Å². The van der Waals surface area contributed by atoms with Crippen LogP contribution in [0.2, 0.25) is 15.1 Å². The Kier molecular flexibility index (Phi) is 5.76. The molecule has 1 unspecified atom stereocenters. The number of aromatic nitrogens is 1. The lowest BCUT2D eigenvalue weighted by molar-refractivity contribution is -0.115. The van der Waals surface area contributed by atoms with Gasteiger partial charge in [0.2, 0.25) is 5.91 Å². The maximum Gasteiger partial charge on any atom is 0.238 e. The summed E-state index contributed by atoms with van der Waals surface area (Å²) in [6.45, 7) is 1.78. The Morgan fingerprint density at radius 1 is 1.24 bits per heavy atom. The topological polar surface area (TPSA) is 42.0 Å². The van der Waals surface area contributed by atoms with Crippen LogP contribution in [0.4, 0.5) is 5.82 Å². The number of halogens is 3. The minimum Gasteiger partial charge on any atom is -0.308 e. The summed E-state index contributed by atoms with van der Waals surface area (Å²) in [7, 11) is 0. The fourth-order valence-electron chi connectivity index (χ4n) is 1.51. The standard InChI is InChI=1S/C14H11Cl3N2OS/c1-8(21-12-5-3-2-4-10(12)16)14(20)19-13-11(17)6-9(15)7-18-13/h2-8H,1H3,(H,18,19,20). The number of nitrogens with zero attached hydrogens (tertiary/aromatic N) is 1. The smallest absolute Gasteiger partial charge is 0.238 e. The van der Waals surface area contributed by atoms with Crippen molar-refractivity contribution in [3.8, 4) is 0 Å². The lowest BCUT2D eigenvalue weighted by atomic mass is 10.4. The number of carbonyl (C=O) groups excluding carboxylic acids is 1. The van der Waals surface area contributed by atoms with Gasteiger partial charge in [-0.25, -0.2) is 4.98 Å². The fourth-order valence-corrected chi connectivity index (χ4v) is 3.09. The van der Waals surface area contributed by atoms with Crippen LogP contribution < -0.4 is 5.32 Å². The summed E-state index contributed by atoms with van der Waals surface area (Å²) >= 11 is 19.2. The van der Waals surface area contributed by atoms with Crippen molar-refractivity contribution in [2.75, 3.05) is 5.32 Å². The molecule has 0 aliphatic heterocycles. The summed E-state index contributed by atoms with van der Waals surface area (Å²) in [5.74, 6) is 0.0781. The van der Waals surface area contributed by atoms with Crippen molar-refractivity contribution in [1.29, 1.82) is 0 Å². The molecule has 0 radical (unpaired) electrons. The minimum absolute atomic E-state index is 0.211. The van der Waals surface area contributed by atoms with Crippen molar-refractivity contribution >= 4 is 58.3 Å². The minimum atomic E-state index is -0.349. The van der Waals surface area contributed by atoms with Gasteiger partial charge in [0.25, 0.3) is 0 Å². The quantitative estimate of drug-likeness (QED) is 0.765. The van der Waals surface area contributed by atoms with Crippen LogP contribution in [0.5, 0.6) is 0 Å². The van der Waals surface area contributed by atoms with Crippen LogP contribution in [0.1, 0.15) is 6.92 Å². The average Bonchev–Trinajstić information content (AvgIpc) is 2.44. The molecule has 1 heterocycles. The van der Waals surface area contributed by atoms with Crippen LogP contribution in [0.15, 0.2) is 41.4 Å².